The van der Waals surface area contributed by atoms with Gasteiger partial charge >= 0.3 is 0 Å². The fourth-order valence-corrected chi connectivity index (χ4v) is 2.02. The van der Waals surface area contributed by atoms with Crippen molar-refractivity contribution in [2.24, 2.45) is 5.73 Å². The van der Waals surface area contributed by atoms with Crippen LogP contribution in [0.5, 0.6) is 5.75 Å². The highest BCUT2D eigenvalue weighted by Crippen LogP contribution is 2.24. The number of benzene rings is 2. The molecule has 0 saturated carbocycles. The maximum atomic E-state index is 5.94. The van der Waals surface area contributed by atoms with Gasteiger partial charge in [-0.1, -0.05) is 49.4 Å². The summed E-state index contributed by atoms with van der Waals surface area (Å²) < 4.78 is 5.88. The molecule has 100 valence electrons. The zero-order valence-electron chi connectivity index (χ0n) is 11.6. The first-order valence-electron chi connectivity index (χ1n) is 6.76. The SMILES string of the molecule is CCc1ccc(COc2ccccc2[C@H](C)N)cc1. The van der Waals surface area contributed by atoms with E-state index in [1.54, 1.807) is 0 Å². The van der Waals surface area contributed by atoms with Crippen LogP contribution in [0, 0.1) is 0 Å². The molecule has 2 rings (SSSR count). The normalized spacial score (nSPS) is 12.2. The van der Waals surface area contributed by atoms with E-state index >= 15 is 0 Å². The third-order valence-electron chi connectivity index (χ3n) is 3.24. The van der Waals surface area contributed by atoms with Crippen LogP contribution in [-0.2, 0) is 13.0 Å². The molecule has 0 heterocycles. The van der Waals surface area contributed by atoms with E-state index in [2.05, 4.69) is 31.2 Å². The molecule has 0 unspecified atom stereocenters. The van der Waals surface area contributed by atoms with Crippen LogP contribution in [0.2, 0.25) is 0 Å². The van der Waals surface area contributed by atoms with Gasteiger partial charge in [0.2, 0.25) is 0 Å². The Morgan fingerprint density at radius 1 is 1.00 bits per heavy atom. The summed E-state index contributed by atoms with van der Waals surface area (Å²) in [7, 11) is 0. The molecule has 2 aromatic carbocycles. The first kappa shape index (κ1) is 13.6. The van der Waals surface area contributed by atoms with Gasteiger partial charge in [0.25, 0.3) is 0 Å². The lowest BCUT2D eigenvalue weighted by atomic mass is 10.1. The van der Waals surface area contributed by atoms with Crippen LogP contribution in [0.25, 0.3) is 0 Å². The topological polar surface area (TPSA) is 35.2 Å². The molecule has 0 aliphatic heterocycles. The average molecular weight is 255 g/mol. The van der Waals surface area contributed by atoms with Crippen molar-refractivity contribution in [1.29, 1.82) is 0 Å². The molecule has 2 aromatic rings. The molecule has 0 spiro atoms. The average Bonchev–Trinajstić information content (AvgIpc) is 2.46. The van der Waals surface area contributed by atoms with Crippen LogP contribution in [0.1, 0.15) is 36.6 Å². The summed E-state index contributed by atoms with van der Waals surface area (Å²) in [5, 5.41) is 0. The molecule has 0 fully saturated rings. The second-order valence-electron chi connectivity index (χ2n) is 4.79. The first-order chi connectivity index (χ1) is 9.20. The van der Waals surface area contributed by atoms with E-state index in [-0.39, 0.29) is 6.04 Å². The number of hydrogen-bond donors (Lipinski definition) is 1. The molecule has 0 radical (unpaired) electrons. The Morgan fingerprint density at radius 2 is 1.63 bits per heavy atom. The van der Waals surface area contributed by atoms with Gasteiger partial charge in [0.1, 0.15) is 12.4 Å². The molecule has 0 aliphatic rings. The summed E-state index contributed by atoms with van der Waals surface area (Å²) in [5.74, 6) is 0.872. The maximum absolute atomic E-state index is 5.94. The maximum Gasteiger partial charge on any atom is 0.124 e. The molecule has 2 nitrogen and oxygen atoms in total. The molecule has 0 bridgehead atoms. The number of para-hydroxylation sites is 1. The van der Waals surface area contributed by atoms with Gasteiger partial charge in [-0.15, -0.1) is 0 Å². The minimum Gasteiger partial charge on any atom is -0.489 e. The van der Waals surface area contributed by atoms with Gasteiger partial charge in [-0.2, -0.15) is 0 Å². The highest BCUT2D eigenvalue weighted by molar-refractivity contribution is 5.35. The Bertz CT molecular complexity index is 517. The van der Waals surface area contributed by atoms with Gasteiger partial charge in [-0.3, -0.25) is 0 Å². The molecule has 2 N–H and O–H groups in total. The van der Waals surface area contributed by atoms with Crippen molar-refractivity contribution in [1.82, 2.24) is 0 Å². The molecular weight excluding hydrogens is 234 g/mol. The van der Waals surface area contributed by atoms with Gasteiger partial charge in [-0.05, 0) is 30.5 Å². The minimum absolute atomic E-state index is 0.0151. The first-order valence-corrected chi connectivity index (χ1v) is 6.76. The highest BCUT2D eigenvalue weighted by Gasteiger charge is 2.07. The summed E-state index contributed by atoms with van der Waals surface area (Å²) in [5.41, 5.74) is 9.51. The molecule has 0 aliphatic carbocycles. The Labute approximate surface area is 115 Å². The second kappa shape index (κ2) is 6.39. The van der Waals surface area contributed by atoms with Crippen LogP contribution >= 0.6 is 0 Å². The van der Waals surface area contributed by atoms with E-state index in [4.69, 9.17) is 10.5 Å². The van der Waals surface area contributed by atoms with Gasteiger partial charge < -0.3 is 10.5 Å². The highest BCUT2D eigenvalue weighted by atomic mass is 16.5. The molecule has 2 heteroatoms. The summed E-state index contributed by atoms with van der Waals surface area (Å²) in [6.45, 7) is 4.70. The molecule has 1 atom stereocenters. The van der Waals surface area contributed by atoms with Crippen LogP contribution in [0.15, 0.2) is 48.5 Å². The molecule has 19 heavy (non-hydrogen) atoms. The second-order valence-corrected chi connectivity index (χ2v) is 4.79. The van der Waals surface area contributed by atoms with Crippen molar-refractivity contribution in [2.75, 3.05) is 0 Å². The number of rotatable bonds is 5. The molecule has 0 saturated heterocycles. The van der Waals surface area contributed by atoms with Crippen molar-refractivity contribution < 1.29 is 4.74 Å². The van der Waals surface area contributed by atoms with Crippen molar-refractivity contribution in [3.8, 4) is 5.75 Å². The Kier molecular flexibility index (Phi) is 4.58. The van der Waals surface area contributed by atoms with Crippen LogP contribution in [0.3, 0.4) is 0 Å². The molecule has 0 amide bonds. The zero-order chi connectivity index (χ0) is 13.7. The van der Waals surface area contributed by atoms with Gasteiger partial charge in [0.15, 0.2) is 0 Å². The fraction of sp³-hybridized carbons (Fsp3) is 0.294. The predicted octanol–water partition coefficient (Wildman–Crippen LogP) is 3.85. The van der Waals surface area contributed by atoms with Gasteiger partial charge in [-0.25, -0.2) is 0 Å². The van der Waals surface area contributed by atoms with E-state index in [9.17, 15) is 0 Å². The third-order valence-corrected chi connectivity index (χ3v) is 3.24. The smallest absolute Gasteiger partial charge is 0.124 e. The van der Waals surface area contributed by atoms with Crippen molar-refractivity contribution >= 4 is 0 Å². The van der Waals surface area contributed by atoms with Crippen molar-refractivity contribution in [3.63, 3.8) is 0 Å². The summed E-state index contributed by atoms with van der Waals surface area (Å²) in [6, 6.07) is 16.5. The number of nitrogens with two attached hydrogens (primary N) is 1. The van der Waals surface area contributed by atoms with E-state index in [1.807, 2.05) is 31.2 Å². The molecule has 0 aromatic heterocycles. The standard InChI is InChI=1S/C17H21NO/c1-3-14-8-10-15(11-9-14)12-19-17-7-5-4-6-16(17)13(2)18/h4-11,13H,3,12,18H2,1-2H3/t13-/m0/s1. The van der Waals surface area contributed by atoms with Crippen LogP contribution < -0.4 is 10.5 Å². The lowest BCUT2D eigenvalue weighted by Crippen LogP contribution is -2.07. The summed E-state index contributed by atoms with van der Waals surface area (Å²) >= 11 is 0. The van der Waals surface area contributed by atoms with Crippen LogP contribution in [-0.4, -0.2) is 0 Å². The number of ether oxygens (including phenoxy) is 1. The summed E-state index contributed by atoms with van der Waals surface area (Å²) in [4.78, 5) is 0. The van der Waals surface area contributed by atoms with E-state index in [0.717, 1.165) is 17.7 Å². The Hall–Kier alpha value is -1.80. The monoisotopic (exact) mass is 255 g/mol. The van der Waals surface area contributed by atoms with Crippen molar-refractivity contribution in [3.05, 3.63) is 65.2 Å². The minimum atomic E-state index is -0.0151. The summed E-state index contributed by atoms with van der Waals surface area (Å²) in [6.07, 6.45) is 1.06. The Balaban J connectivity index is 2.05. The van der Waals surface area contributed by atoms with Gasteiger partial charge in [0, 0.05) is 11.6 Å². The number of aryl methyl sites for hydroxylation is 1. The van der Waals surface area contributed by atoms with E-state index in [0.29, 0.717) is 6.61 Å². The fourth-order valence-electron chi connectivity index (χ4n) is 2.02. The predicted molar refractivity (Wildman–Crippen MR) is 79.2 cm³/mol. The lowest BCUT2D eigenvalue weighted by Gasteiger charge is -2.14. The number of hydrogen-bond acceptors (Lipinski definition) is 2. The van der Waals surface area contributed by atoms with Crippen LogP contribution in [0.4, 0.5) is 0 Å². The van der Waals surface area contributed by atoms with Crippen molar-refractivity contribution in [2.45, 2.75) is 32.9 Å². The van der Waals surface area contributed by atoms with Gasteiger partial charge in [0.05, 0.1) is 0 Å². The van der Waals surface area contributed by atoms with E-state index in [1.165, 1.54) is 11.1 Å². The lowest BCUT2D eigenvalue weighted by molar-refractivity contribution is 0.301. The Morgan fingerprint density at radius 3 is 2.26 bits per heavy atom. The van der Waals surface area contributed by atoms with E-state index < -0.39 is 0 Å². The third kappa shape index (κ3) is 3.58. The molecular formula is C17H21NO. The largest absolute Gasteiger partial charge is 0.489 e. The quantitative estimate of drug-likeness (QED) is 0.880. The zero-order valence-corrected chi connectivity index (χ0v) is 11.6.